The highest BCUT2D eigenvalue weighted by molar-refractivity contribution is 5.76. The number of piperidine rings is 1. The maximum Gasteiger partial charge on any atom is 0.220 e. The Morgan fingerprint density at radius 2 is 2.22 bits per heavy atom. The second-order valence-electron chi connectivity index (χ2n) is 5.64. The van der Waals surface area contributed by atoms with Crippen molar-refractivity contribution in [2.24, 2.45) is 11.8 Å². The van der Waals surface area contributed by atoms with E-state index >= 15 is 0 Å². The first-order valence-corrected chi connectivity index (χ1v) is 7.37. The quantitative estimate of drug-likeness (QED) is 0.751. The maximum absolute atomic E-state index is 11.8. The van der Waals surface area contributed by atoms with Gasteiger partial charge in [-0.3, -0.25) is 4.79 Å². The van der Waals surface area contributed by atoms with Crippen LogP contribution in [0.15, 0.2) is 0 Å². The second-order valence-corrected chi connectivity index (χ2v) is 5.64. The highest BCUT2D eigenvalue weighted by atomic mass is 16.5. The first-order valence-electron chi connectivity index (χ1n) is 7.37. The molecule has 0 aromatic rings. The molecule has 4 heteroatoms. The maximum atomic E-state index is 11.8. The lowest BCUT2D eigenvalue weighted by molar-refractivity contribution is -0.124. The van der Waals surface area contributed by atoms with E-state index < -0.39 is 0 Å². The van der Waals surface area contributed by atoms with Gasteiger partial charge in [0.2, 0.25) is 5.91 Å². The number of hydrogen-bond donors (Lipinski definition) is 2. The first-order chi connectivity index (χ1) is 8.78. The van der Waals surface area contributed by atoms with Crippen molar-refractivity contribution in [3.05, 3.63) is 0 Å². The van der Waals surface area contributed by atoms with Crippen molar-refractivity contribution in [2.45, 2.75) is 45.1 Å². The van der Waals surface area contributed by atoms with Crippen molar-refractivity contribution >= 4 is 5.91 Å². The summed E-state index contributed by atoms with van der Waals surface area (Å²) in [7, 11) is 0. The fourth-order valence-electron chi connectivity index (χ4n) is 2.90. The molecule has 2 fully saturated rings. The van der Waals surface area contributed by atoms with Crippen molar-refractivity contribution in [2.75, 3.05) is 26.2 Å². The van der Waals surface area contributed by atoms with Gasteiger partial charge in [0.05, 0.1) is 6.10 Å². The molecule has 0 aromatic heterocycles. The molecule has 0 radical (unpaired) electrons. The minimum Gasteiger partial charge on any atom is -0.378 e. The lowest BCUT2D eigenvalue weighted by atomic mass is 9.80. The van der Waals surface area contributed by atoms with Gasteiger partial charge >= 0.3 is 0 Å². The molecule has 1 unspecified atom stereocenters. The Morgan fingerprint density at radius 1 is 1.39 bits per heavy atom. The normalized spacial score (nSPS) is 31.7. The van der Waals surface area contributed by atoms with E-state index in [9.17, 15) is 4.79 Å². The third-order valence-corrected chi connectivity index (χ3v) is 4.06. The Labute approximate surface area is 110 Å². The molecular formula is C14H26N2O2. The number of rotatable bonds is 6. The number of nitrogens with one attached hydrogen (secondary N) is 2. The van der Waals surface area contributed by atoms with Crippen LogP contribution in [0.5, 0.6) is 0 Å². The fraction of sp³-hybridized carbons (Fsp3) is 0.929. The standard InChI is InChI=1S/C14H26N2O2/c1-2-18-13-6-12(7-13)8-14(17)16-10-11-4-3-5-15-9-11/h11-13,15H,2-10H2,1H3,(H,16,17). The van der Waals surface area contributed by atoms with Gasteiger partial charge in [0, 0.05) is 19.6 Å². The SMILES string of the molecule is CCOC1CC(CC(=O)NCC2CCCNC2)C1. The summed E-state index contributed by atoms with van der Waals surface area (Å²) in [5.74, 6) is 1.40. The Bertz CT molecular complexity index is 259. The number of amides is 1. The van der Waals surface area contributed by atoms with Gasteiger partial charge in [-0.25, -0.2) is 0 Å². The third-order valence-electron chi connectivity index (χ3n) is 4.06. The van der Waals surface area contributed by atoms with E-state index in [0.29, 0.717) is 24.4 Å². The first kappa shape index (κ1) is 13.8. The molecule has 1 aliphatic heterocycles. The lowest BCUT2D eigenvalue weighted by Crippen LogP contribution is -2.40. The monoisotopic (exact) mass is 254 g/mol. The predicted molar refractivity (Wildman–Crippen MR) is 71.4 cm³/mol. The van der Waals surface area contributed by atoms with Gasteiger partial charge in [-0.05, 0) is 57.5 Å². The summed E-state index contributed by atoms with van der Waals surface area (Å²) in [5.41, 5.74) is 0. The largest absolute Gasteiger partial charge is 0.378 e. The molecule has 0 spiro atoms. The number of hydrogen-bond acceptors (Lipinski definition) is 3. The molecule has 1 saturated carbocycles. The molecule has 2 rings (SSSR count). The molecule has 1 amide bonds. The molecule has 104 valence electrons. The van der Waals surface area contributed by atoms with Crippen LogP contribution in [0.25, 0.3) is 0 Å². The predicted octanol–water partition coefficient (Wildman–Crippen LogP) is 1.31. The lowest BCUT2D eigenvalue weighted by Gasteiger charge is -2.34. The van der Waals surface area contributed by atoms with Gasteiger partial charge in [0.1, 0.15) is 0 Å². The minimum absolute atomic E-state index is 0.223. The third kappa shape index (κ3) is 4.25. The van der Waals surface area contributed by atoms with Crippen molar-refractivity contribution in [1.82, 2.24) is 10.6 Å². The van der Waals surface area contributed by atoms with Crippen LogP contribution >= 0.6 is 0 Å². The van der Waals surface area contributed by atoms with Crippen LogP contribution in [0.2, 0.25) is 0 Å². The highest BCUT2D eigenvalue weighted by Crippen LogP contribution is 2.32. The van der Waals surface area contributed by atoms with Gasteiger partial charge in [-0.2, -0.15) is 0 Å². The Hall–Kier alpha value is -0.610. The Morgan fingerprint density at radius 3 is 2.89 bits per heavy atom. The van der Waals surface area contributed by atoms with Crippen molar-refractivity contribution < 1.29 is 9.53 Å². The van der Waals surface area contributed by atoms with Crippen molar-refractivity contribution in [3.63, 3.8) is 0 Å². The Balaban J connectivity index is 1.53. The van der Waals surface area contributed by atoms with Crippen LogP contribution in [-0.2, 0) is 9.53 Å². The summed E-state index contributed by atoms with van der Waals surface area (Å²) in [4.78, 5) is 11.8. The molecule has 2 N–H and O–H groups in total. The van der Waals surface area contributed by atoms with Gasteiger partial charge in [-0.1, -0.05) is 0 Å². The molecule has 1 atom stereocenters. The number of carbonyl (C=O) groups is 1. The van der Waals surface area contributed by atoms with Crippen LogP contribution in [-0.4, -0.2) is 38.3 Å². The molecule has 18 heavy (non-hydrogen) atoms. The molecule has 1 saturated heterocycles. The highest BCUT2D eigenvalue weighted by Gasteiger charge is 2.31. The molecule has 2 aliphatic rings. The van der Waals surface area contributed by atoms with E-state index in [4.69, 9.17) is 4.74 Å². The van der Waals surface area contributed by atoms with Gasteiger partial charge in [0.25, 0.3) is 0 Å². The molecule has 1 heterocycles. The molecular weight excluding hydrogens is 228 g/mol. The van der Waals surface area contributed by atoms with Crippen LogP contribution in [0.1, 0.15) is 39.0 Å². The average molecular weight is 254 g/mol. The number of ether oxygens (including phenoxy) is 1. The van der Waals surface area contributed by atoms with E-state index in [1.807, 2.05) is 6.92 Å². The number of carbonyl (C=O) groups excluding carboxylic acids is 1. The average Bonchev–Trinajstić information content (AvgIpc) is 2.35. The summed E-state index contributed by atoms with van der Waals surface area (Å²) in [6, 6.07) is 0. The van der Waals surface area contributed by atoms with E-state index in [-0.39, 0.29) is 5.91 Å². The fourth-order valence-corrected chi connectivity index (χ4v) is 2.90. The van der Waals surface area contributed by atoms with E-state index in [0.717, 1.165) is 39.1 Å². The van der Waals surface area contributed by atoms with Crippen LogP contribution in [0, 0.1) is 11.8 Å². The smallest absolute Gasteiger partial charge is 0.220 e. The van der Waals surface area contributed by atoms with E-state index in [1.54, 1.807) is 0 Å². The zero-order valence-electron chi connectivity index (χ0n) is 11.4. The van der Waals surface area contributed by atoms with Crippen molar-refractivity contribution in [1.29, 1.82) is 0 Å². The van der Waals surface area contributed by atoms with Crippen molar-refractivity contribution in [3.8, 4) is 0 Å². The van der Waals surface area contributed by atoms with Crippen LogP contribution < -0.4 is 10.6 Å². The second kappa shape index (κ2) is 7.10. The summed E-state index contributed by atoms with van der Waals surface area (Å²) in [6.07, 6.45) is 5.69. The van der Waals surface area contributed by atoms with E-state index in [2.05, 4.69) is 10.6 Å². The molecule has 4 nitrogen and oxygen atoms in total. The minimum atomic E-state index is 0.223. The van der Waals surface area contributed by atoms with Gasteiger partial charge in [0.15, 0.2) is 0 Å². The summed E-state index contributed by atoms with van der Waals surface area (Å²) in [6.45, 7) is 5.84. The molecule has 0 aromatic carbocycles. The molecule has 1 aliphatic carbocycles. The Kier molecular flexibility index (Phi) is 5.45. The zero-order chi connectivity index (χ0) is 12.8. The van der Waals surface area contributed by atoms with Gasteiger partial charge < -0.3 is 15.4 Å². The van der Waals surface area contributed by atoms with E-state index in [1.165, 1.54) is 12.8 Å². The van der Waals surface area contributed by atoms with Crippen LogP contribution in [0.3, 0.4) is 0 Å². The topological polar surface area (TPSA) is 50.4 Å². The summed E-state index contributed by atoms with van der Waals surface area (Å²) >= 11 is 0. The summed E-state index contributed by atoms with van der Waals surface area (Å²) in [5, 5.41) is 6.45. The molecule has 0 bridgehead atoms. The van der Waals surface area contributed by atoms with Gasteiger partial charge in [-0.15, -0.1) is 0 Å². The zero-order valence-corrected chi connectivity index (χ0v) is 11.4. The summed E-state index contributed by atoms with van der Waals surface area (Å²) < 4.78 is 5.50. The van der Waals surface area contributed by atoms with Crippen LogP contribution in [0.4, 0.5) is 0 Å².